The average molecular weight is 158 g/mol. The third-order valence-corrected chi connectivity index (χ3v) is 2.84. The van der Waals surface area contributed by atoms with Gasteiger partial charge in [-0.15, -0.1) is 0 Å². The maximum atomic E-state index is 12.0. The molecule has 3 heteroatoms. The lowest BCUT2D eigenvalue weighted by Crippen LogP contribution is -2.31. The van der Waals surface area contributed by atoms with Crippen LogP contribution < -0.4 is 5.32 Å². The minimum atomic E-state index is -0.195. The van der Waals surface area contributed by atoms with Crippen LogP contribution in [0.2, 0.25) is 0 Å². The van der Waals surface area contributed by atoms with E-state index in [1.165, 1.54) is 13.0 Å². The molecule has 0 bridgehead atoms. The summed E-state index contributed by atoms with van der Waals surface area (Å²) in [5.74, 6) is 0.807. The Bertz CT molecular complexity index is 128. The summed E-state index contributed by atoms with van der Waals surface area (Å²) < 4.78 is 12.0. The first-order valence-corrected chi connectivity index (χ1v) is 4.42. The van der Waals surface area contributed by atoms with Crippen molar-refractivity contribution >= 4 is 0 Å². The van der Waals surface area contributed by atoms with Gasteiger partial charge < -0.3 is 5.32 Å². The van der Waals surface area contributed by atoms with Gasteiger partial charge in [-0.2, -0.15) is 0 Å². The Morgan fingerprint density at radius 3 is 3.09 bits per heavy atom. The molecule has 2 saturated heterocycles. The predicted octanol–water partition coefficient (Wildman–Crippen LogP) is 0.250. The van der Waals surface area contributed by atoms with Crippen molar-refractivity contribution in [1.29, 1.82) is 0 Å². The lowest BCUT2D eigenvalue weighted by atomic mass is 10.1. The van der Waals surface area contributed by atoms with Gasteiger partial charge >= 0.3 is 0 Å². The van der Waals surface area contributed by atoms with Crippen LogP contribution in [0.15, 0.2) is 0 Å². The monoisotopic (exact) mass is 158 g/mol. The predicted molar refractivity (Wildman–Crippen MR) is 42.3 cm³/mol. The summed E-state index contributed by atoms with van der Waals surface area (Å²) in [7, 11) is 0. The van der Waals surface area contributed by atoms with Crippen LogP contribution >= 0.6 is 0 Å². The fourth-order valence-electron chi connectivity index (χ4n) is 2.24. The van der Waals surface area contributed by atoms with Crippen LogP contribution in [0, 0.1) is 5.92 Å². The summed E-state index contributed by atoms with van der Waals surface area (Å²) in [4.78, 5) is 2.22. The summed E-state index contributed by atoms with van der Waals surface area (Å²) >= 11 is 0. The number of rotatable bonds is 2. The van der Waals surface area contributed by atoms with Gasteiger partial charge in [-0.1, -0.05) is 0 Å². The highest BCUT2D eigenvalue weighted by molar-refractivity contribution is 4.93. The molecule has 0 aromatic rings. The van der Waals surface area contributed by atoms with E-state index in [0.29, 0.717) is 12.6 Å². The molecule has 2 rings (SSSR count). The van der Waals surface area contributed by atoms with Crippen molar-refractivity contribution in [3.05, 3.63) is 0 Å². The van der Waals surface area contributed by atoms with Crippen LogP contribution in [-0.2, 0) is 0 Å². The summed E-state index contributed by atoms with van der Waals surface area (Å²) in [5, 5.41) is 3.44. The van der Waals surface area contributed by atoms with Crippen LogP contribution in [0.3, 0.4) is 0 Å². The number of fused-ring (bicyclic) bond motifs is 1. The molecule has 2 aliphatic heterocycles. The Hall–Kier alpha value is -0.150. The first kappa shape index (κ1) is 7.50. The standard InChI is InChI=1S/C8H15FN2/c9-2-4-11-5-7-1-3-10-8(7)6-11/h7-8,10H,1-6H2/t7-,8+/m0/s1. The summed E-state index contributed by atoms with van der Waals surface area (Å²) in [6.07, 6.45) is 1.29. The Morgan fingerprint density at radius 2 is 2.36 bits per heavy atom. The maximum absolute atomic E-state index is 12.0. The molecule has 2 heterocycles. The molecule has 2 aliphatic rings. The molecule has 2 nitrogen and oxygen atoms in total. The second-order valence-electron chi connectivity index (χ2n) is 3.56. The number of hydrogen-bond donors (Lipinski definition) is 1. The number of halogens is 1. The van der Waals surface area contributed by atoms with Crippen LogP contribution in [-0.4, -0.2) is 43.8 Å². The van der Waals surface area contributed by atoms with Crippen molar-refractivity contribution in [1.82, 2.24) is 10.2 Å². The Morgan fingerprint density at radius 1 is 1.45 bits per heavy atom. The molecule has 0 saturated carbocycles. The van der Waals surface area contributed by atoms with E-state index >= 15 is 0 Å². The molecule has 11 heavy (non-hydrogen) atoms. The zero-order valence-electron chi connectivity index (χ0n) is 6.72. The molecule has 0 radical (unpaired) electrons. The first-order chi connectivity index (χ1) is 5.40. The van der Waals surface area contributed by atoms with Gasteiger partial charge in [0.2, 0.25) is 0 Å². The van der Waals surface area contributed by atoms with Gasteiger partial charge in [0.15, 0.2) is 0 Å². The molecule has 2 atom stereocenters. The molecule has 1 N–H and O–H groups in total. The zero-order valence-corrected chi connectivity index (χ0v) is 6.72. The van der Waals surface area contributed by atoms with E-state index in [1.807, 2.05) is 0 Å². The fraction of sp³-hybridized carbons (Fsp3) is 1.00. The highest BCUT2D eigenvalue weighted by Gasteiger charge is 2.35. The van der Waals surface area contributed by atoms with Gasteiger partial charge in [0.1, 0.15) is 6.67 Å². The van der Waals surface area contributed by atoms with E-state index in [1.54, 1.807) is 0 Å². The largest absolute Gasteiger partial charge is 0.312 e. The van der Waals surface area contributed by atoms with Gasteiger partial charge in [-0.3, -0.25) is 4.90 Å². The second-order valence-corrected chi connectivity index (χ2v) is 3.56. The molecule has 0 aromatic heterocycles. The van der Waals surface area contributed by atoms with Crippen LogP contribution in [0.1, 0.15) is 6.42 Å². The van der Waals surface area contributed by atoms with E-state index in [9.17, 15) is 4.39 Å². The zero-order chi connectivity index (χ0) is 7.68. The van der Waals surface area contributed by atoms with Gasteiger partial charge in [-0.25, -0.2) is 4.39 Å². The van der Waals surface area contributed by atoms with Gasteiger partial charge in [-0.05, 0) is 18.9 Å². The van der Waals surface area contributed by atoms with E-state index < -0.39 is 0 Å². The molecule has 0 amide bonds. The van der Waals surface area contributed by atoms with Crippen LogP contribution in [0.4, 0.5) is 4.39 Å². The van der Waals surface area contributed by atoms with E-state index in [-0.39, 0.29) is 6.67 Å². The van der Waals surface area contributed by atoms with Crippen LogP contribution in [0.25, 0.3) is 0 Å². The quantitative estimate of drug-likeness (QED) is 0.619. The van der Waals surface area contributed by atoms with Crippen molar-refractivity contribution in [2.24, 2.45) is 5.92 Å². The lowest BCUT2D eigenvalue weighted by molar-refractivity contribution is 0.280. The van der Waals surface area contributed by atoms with E-state index in [2.05, 4.69) is 10.2 Å². The number of nitrogens with zero attached hydrogens (tertiary/aromatic N) is 1. The highest BCUT2D eigenvalue weighted by atomic mass is 19.1. The first-order valence-electron chi connectivity index (χ1n) is 4.42. The van der Waals surface area contributed by atoms with E-state index in [0.717, 1.165) is 19.0 Å². The van der Waals surface area contributed by atoms with Crippen molar-refractivity contribution in [3.8, 4) is 0 Å². The summed E-state index contributed by atoms with van der Waals surface area (Å²) in [6, 6.07) is 0.668. The van der Waals surface area contributed by atoms with Crippen molar-refractivity contribution in [2.45, 2.75) is 12.5 Å². The smallest absolute Gasteiger partial charge is 0.102 e. The van der Waals surface area contributed by atoms with E-state index in [4.69, 9.17) is 0 Å². The molecular formula is C8H15FN2. The third kappa shape index (κ3) is 1.40. The normalized spacial score (nSPS) is 37.9. The average Bonchev–Trinajstić information content (AvgIpc) is 2.46. The Balaban J connectivity index is 1.84. The minimum Gasteiger partial charge on any atom is -0.312 e. The fourth-order valence-corrected chi connectivity index (χ4v) is 2.24. The molecular weight excluding hydrogens is 143 g/mol. The molecule has 2 fully saturated rings. The minimum absolute atomic E-state index is 0.195. The van der Waals surface area contributed by atoms with Gasteiger partial charge in [0, 0.05) is 25.7 Å². The second kappa shape index (κ2) is 3.07. The summed E-state index contributed by atoms with van der Waals surface area (Å²) in [5.41, 5.74) is 0. The topological polar surface area (TPSA) is 15.3 Å². The highest BCUT2D eigenvalue weighted by Crippen LogP contribution is 2.23. The van der Waals surface area contributed by atoms with Crippen molar-refractivity contribution < 1.29 is 4.39 Å². The number of likely N-dealkylation sites (tertiary alicyclic amines) is 1. The summed E-state index contributed by atoms with van der Waals surface area (Å²) in [6.45, 7) is 3.78. The van der Waals surface area contributed by atoms with Crippen molar-refractivity contribution in [3.63, 3.8) is 0 Å². The number of nitrogens with one attached hydrogen (secondary N) is 1. The van der Waals surface area contributed by atoms with Gasteiger partial charge in [0.05, 0.1) is 0 Å². The lowest BCUT2D eigenvalue weighted by Gasteiger charge is -2.13. The Labute approximate surface area is 66.8 Å². The third-order valence-electron chi connectivity index (χ3n) is 2.84. The molecule has 0 aliphatic carbocycles. The van der Waals surface area contributed by atoms with Crippen LogP contribution in [0.5, 0.6) is 0 Å². The number of hydrogen-bond acceptors (Lipinski definition) is 2. The maximum Gasteiger partial charge on any atom is 0.102 e. The molecule has 0 unspecified atom stereocenters. The Kier molecular flexibility index (Phi) is 2.09. The SMILES string of the molecule is FCCN1C[C@@H]2CCN[C@@H]2C1. The van der Waals surface area contributed by atoms with Gasteiger partial charge in [0.25, 0.3) is 0 Å². The molecule has 0 aromatic carbocycles. The van der Waals surface area contributed by atoms with Crippen molar-refractivity contribution in [2.75, 3.05) is 32.9 Å². The molecule has 64 valence electrons. The number of alkyl halides is 1. The molecule has 0 spiro atoms.